The Labute approximate surface area is 214 Å². The minimum atomic E-state index is -1.75. The Bertz CT molecular complexity index is 1210. The standard InChI is InChI=1S/C29H34F5N3/c1-17-10-23-22-6-3-4-7-26(22)35-28(23)29(37(17)16-21(32)13-31)27-24(33)11-19(12-25(27)34)18(2)20-14-36(15-20)9-5-8-30/h3-4,6-7,11-12,17-18,20-21,29,35H,5,8-10,13-16H2,1-2H3/t17-,18-,21-,29-/m1/s1. The Morgan fingerprint density at radius 2 is 1.78 bits per heavy atom. The fourth-order valence-electron chi connectivity index (χ4n) is 6.17. The van der Waals surface area contributed by atoms with Crippen LogP contribution in [0.4, 0.5) is 22.0 Å². The van der Waals surface area contributed by atoms with Crippen molar-refractivity contribution in [3.05, 3.63) is 70.4 Å². The van der Waals surface area contributed by atoms with Crippen molar-refractivity contribution in [3.63, 3.8) is 0 Å². The molecule has 1 N–H and O–H groups in total. The molecule has 1 aromatic heterocycles. The van der Waals surface area contributed by atoms with Gasteiger partial charge in [0.2, 0.25) is 0 Å². The summed E-state index contributed by atoms with van der Waals surface area (Å²) in [6, 6.07) is 9.33. The Hall–Kier alpha value is -2.45. The smallest absolute Gasteiger partial charge is 0.141 e. The molecule has 2 aliphatic heterocycles. The summed E-state index contributed by atoms with van der Waals surface area (Å²) in [6.07, 6.45) is -0.693. The first-order valence-corrected chi connectivity index (χ1v) is 13.1. The van der Waals surface area contributed by atoms with Gasteiger partial charge in [0.05, 0.1) is 12.7 Å². The molecule has 37 heavy (non-hydrogen) atoms. The number of aromatic amines is 1. The van der Waals surface area contributed by atoms with Gasteiger partial charge in [-0.2, -0.15) is 0 Å². The first-order valence-electron chi connectivity index (χ1n) is 13.1. The zero-order valence-electron chi connectivity index (χ0n) is 21.3. The van der Waals surface area contributed by atoms with E-state index in [1.807, 2.05) is 38.1 Å². The molecular weight excluding hydrogens is 485 g/mol. The second kappa shape index (κ2) is 10.7. The first kappa shape index (κ1) is 26.2. The van der Waals surface area contributed by atoms with Crippen LogP contribution in [-0.2, 0) is 6.42 Å². The van der Waals surface area contributed by atoms with Gasteiger partial charge in [-0.25, -0.2) is 17.6 Å². The maximum absolute atomic E-state index is 15.9. The third kappa shape index (κ3) is 4.90. The van der Waals surface area contributed by atoms with E-state index in [2.05, 4.69) is 9.88 Å². The maximum Gasteiger partial charge on any atom is 0.141 e. The number of nitrogens with one attached hydrogen (secondary N) is 1. The molecule has 8 heteroatoms. The van der Waals surface area contributed by atoms with Gasteiger partial charge in [-0.05, 0) is 60.9 Å². The lowest BCUT2D eigenvalue weighted by Crippen LogP contribution is -2.49. The highest BCUT2D eigenvalue weighted by atomic mass is 19.2. The number of H-pyrrole nitrogens is 1. The molecule has 3 aromatic rings. The zero-order valence-corrected chi connectivity index (χ0v) is 21.3. The van der Waals surface area contributed by atoms with Crippen LogP contribution in [0.25, 0.3) is 10.9 Å². The van der Waals surface area contributed by atoms with Gasteiger partial charge in [-0.15, -0.1) is 0 Å². The molecule has 0 radical (unpaired) electrons. The van der Waals surface area contributed by atoms with Gasteiger partial charge < -0.3 is 9.88 Å². The summed E-state index contributed by atoms with van der Waals surface area (Å²) in [5.41, 5.74) is 2.88. The summed E-state index contributed by atoms with van der Waals surface area (Å²) >= 11 is 0. The second-order valence-corrected chi connectivity index (χ2v) is 10.7. The molecule has 0 amide bonds. The van der Waals surface area contributed by atoms with Crippen LogP contribution in [0.2, 0.25) is 0 Å². The topological polar surface area (TPSA) is 22.3 Å². The molecule has 3 heterocycles. The van der Waals surface area contributed by atoms with Gasteiger partial charge in [0, 0.05) is 54.4 Å². The average Bonchev–Trinajstić information content (AvgIpc) is 3.22. The number of alkyl halides is 3. The van der Waals surface area contributed by atoms with Crippen molar-refractivity contribution in [1.29, 1.82) is 0 Å². The summed E-state index contributed by atoms with van der Waals surface area (Å²) in [4.78, 5) is 7.17. The fourth-order valence-corrected chi connectivity index (χ4v) is 6.17. The van der Waals surface area contributed by atoms with E-state index in [0.29, 0.717) is 30.6 Å². The van der Waals surface area contributed by atoms with Gasteiger partial charge in [0.15, 0.2) is 0 Å². The minimum absolute atomic E-state index is 0.0635. The number of halogens is 5. The molecule has 0 aliphatic carbocycles. The SMILES string of the molecule is C[C@H](c1cc(F)c([C@@H]2c3[nH]c4ccccc4c3C[C@@H](C)N2C[C@H](F)CF)c(F)c1)C1CN(CCCF)C1. The summed E-state index contributed by atoms with van der Waals surface area (Å²) in [5.74, 6) is -1.18. The molecule has 0 saturated carbocycles. The quantitative estimate of drug-likeness (QED) is 0.327. The van der Waals surface area contributed by atoms with Crippen molar-refractivity contribution < 1.29 is 22.0 Å². The monoisotopic (exact) mass is 519 g/mol. The van der Waals surface area contributed by atoms with Crippen LogP contribution in [0.1, 0.15) is 54.6 Å². The lowest BCUT2D eigenvalue weighted by molar-refractivity contribution is 0.0809. The number of para-hydroxylation sites is 1. The predicted molar refractivity (Wildman–Crippen MR) is 136 cm³/mol. The van der Waals surface area contributed by atoms with Crippen LogP contribution < -0.4 is 0 Å². The van der Waals surface area contributed by atoms with Crippen LogP contribution in [0.3, 0.4) is 0 Å². The van der Waals surface area contributed by atoms with Crippen LogP contribution in [-0.4, -0.2) is 66.5 Å². The van der Waals surface area contributed by atoms with Crippen molar-refractivity contribution in [1.82, 2.24) is 14.8 Å². The van der Waals surface area contributed by atoms with E-state index >= 15 is 8.78 Å². The Balaban J connectivity index is 1.51. The molecule has 1 fully saturated rings. The molecule has 2 aliphatic rings. The number of hydrogen-bond acceptors (Lipinski definition) is 2. The number of fused-ring (bicyclic) bond motifs is 3. The van der Waals surface area contributed by atoms with Gasteiger partial charge in [-0.1, -0.05) is 25.1 Å². The zero-order chi connectivity index (χ0) is 26.3. The minimum Gasteiger partial charge on any atom is -0.357 e. The van der Waals surface area contributed by atoms with Gasteiger partial charge in [0.1, 0.15) is 24.5 Å². The summed E-state index contributed by atoms with van der Waals surface area (Å²) in [7, 11) is 0. The Kier molecular flexibility index (Phi) is 7.59. The molecule has 2 aromatic carbocycles. The lowest BCUT2D eigenvalue weighted by atomic mass is 9.81. The van der Waals surface area contributed by atoms with Crippen LogP contribution in [0.15, 0.2) is 36.4 Å². The number of likely N-dealkylation sites (tertiary alicyclic amines) is 1. The number of benzene rings is 2. The summed E-state index contributed by atoms with van der Waals surface area (Å²) in [5, 5.41) is 0.977. The number of hydrogen-bond donors (Lipinski definition) is 1. The van der Waals surface area contributed by atoms with Gasteiger partial charge in [0.25, 0.3) is 0 Å². The van der Waals surface area contributed by atoms with E-state index < -0.39 is 30.5 Å². The van der Waals surface area contributed by atoms with Crippen LogP contribution >= 0.6 is 0 Å². The molecule has 5 rings (SSSR count). The van der Waals surface area contributed by atoms with Crippen molar-refractivity contribution in [2.24, 2.45) is 5.92 Å². The van der Waals surface area contributed by atoms with Crippen molar-refractivity contribution in [3.8, 4) is 0 Å². The lowest BCUT2D eigenvalue weighted by Gasteiger charge is -2.43. The third-order valence-electron chi connectivity index (χ3n) is 8.29. The molecule has 4 atom stereocenters. The molecular formula is C29H34F5N3. The van der Waals surface area contributed by atoms with E-state index in [1.165, 1.54) is 12.1 Å². The first-order chi connectivity index (χ1) is 17.8. The second-order valence-electron chi connectivity index (χ2n) is 10.7. The molecule has 0 spiro atoms. The maximum atomic E-state index is 15.9. The van der Waals surface area contributed by atoms with E-state index in [4.69, 9.17) is 0 Å². The molecule has 0 unspecified atom stereocenters. The van der Waals surface area contributed by atoms with Gasteiger partial charge in [-0.3, -0.25) is 9.29 Å². The normalized spacial score (nSPS) is 22.7. The van der Waals surface area contributed by atoms with E-state index in [0.717, 1.165) is 29.6 Å². The van der Waals surface area contributed by atoms with E-state index in [-0.39, 0.29) is 36.7 Å². The van der Waals surface area contributed by atoms with Crippen LogP contribution in [0.5, 0.6) is 0 Å². The Morgan fingerprint density at radius 3 is 2.46 bits per heavy atom. The largest absolute Gasteiger partial charge is 0.357 e. The number of nitrogens with zero attached hydrogens (tertiary/aromatic N) is 2. The molecule has 200 valence electrons. The number of aromatic nitrogens is 1. The summed E-state index contributed by atoms with van der Waals surface area (Å²) < 4.78 is 71.7. The molecule has 0 bridgehead atoms. The molecule has 3 nitrogen and oxygen atoms in total. The van der Waals surface area contributed by atoms with Crippen molar-refractivity contribution in [2.75, 3.05) is 39.5 Å². The highest BCUT2D eigenvalue weighted by molar-refractivity contribution is 5.85. The fraction of sp³-hybridized carbons (Fsp3) is 0.517. The Morgan fingerprint density at radius 1 is 1.08 bits per heavy atom. The van der Waals surface area contributed by atoms with Crippen molar-refractivity contribution >= 4 is 10.9 Å². The van der Waals surface area contributed by atoms with Gasteiger partial charge >= 0.3 is 0 Å². The van der Waals surface area contributed by atoms with E-state index in [1.54, 1.807) is 4.90 Å². The van der Waals surface area contributed by atoms with Crippen molar-refractivity contribution in [2.45, 2.75) is 50.9 Å². The van der Waals surface area contributed by atoms with Crippen LogP contribution in [0, 0.1) is 17.6 Å². The third-order valence-corrected chi connectivity index (χ3v) is 8.29. The molecule has 1 saturated heterocycles. The highest BCUT2D eigenvalue weighted by Gasteiger charge is 2.40. The predicted octanol–water partition coefficient (Wildman–Crippen LogP) is 6.48. The summed E-state index contributed by atoms with van der Waals surface area (Å²) in [6.45, 7) is 4.34. The number of rotatable bonds is 9. The average molecular weight is 520 g/mol. The highest BCUT2D eigenvalue weighted by Crippen LogP contribution is 2.43. The van der Waals surface area contributed by atoms with E-state index in [9.17, 15) is 13.2 Å².